The van der Waals surface area contributed by atoms with Gasteiger partial charge in [-0.25, -0.2) is 4.79 Å². The Morgan fingerprint density at radius 2 is 1.83 bits per heavy atom. The highest BCUT2D eigenvalue weighted by molar-refractivity contribution is 6.10. The van der Waals surface area contributed by atoms with Crippen LogP contribution in [0, 0.1) is 0 Å². The van der Waals surface area contributed by atoms with Crippen molar-refractivity contribution in [2.24, 2.45) is 0 Å². The van der Waals surface area contributed by atoms with Gasteiger partial charge in [0.05, 0.1) is 7.11 Å². The van der Waals surface area contributed by atoms with E-state index in [1.54, 1.807) is 12.1 Å². The predicted octanol–water partition coefficient (Wildman–Crippen LogP) is 1.73. The van der Waals surface area contributed by atoms with Gasteiger partial charge in [0.2, 0.25) is 0 Å². The van der Waals surface area contributed by atoms with Gasteiger partial charge in [-0.15, -0.1) is 0 Å². The van der Waals surface area contributed by atoms with Crippen LogP contribution in [0.5, 0.6) is 0 Å². The van der Waals surface area contributed by atoms with E-state index in [1.807, 2.05) is 24.3 Å². The highest BCUT2D eigenvalue weighted by atomic mass is 16.5. The van der Waals surface area contributed by atoms with Gasteiger partial charge in [-0.1, -0.05) is 24.3 Å². The number of benzene rings is 2. The number of nitrogens with two attached hydrogens (primary N) is 1. The molecule has 6 nitrogen and oxygen atoms in total. The van der Waals surface area contributed by atoms with Gasteiger partial charge in [0, 0.05) is 36.8 Å². The first-order chi connectivity index (χ1) is 11.1. The molecule has 3 N–H and O–H groups in total. The first-order valence-electron chi connectivity index (χ1n) is 7.23. The Labute approximate surface area is 134 Å². The van der Waals surface area contributed by atoms with Crippen LogP contribution in [-0.4, -0.2) is 38.7 Å². The third-order valence-corrected chi connectivity index (χ3v) is 3.60. The SMILES string of the molecule is COCCC(NC(=O)c1ccc(N)c2ccccc12)C(=O)OC. The number of anilines is 1. The number of fused-ring (bicyclic) bond motifs is 1. The lowest BCUT2D eigenvalue weighted by Gasteiger charge is -2.17. The lowest BCUT2D eigenvalue weighted by molar-refractivity contribution is -0.143. The van der Waals surface area contributed by atoms with Crippen molar-refractivity contribution in [3.8, 4) is 0 Å². The van der Waals surface area contributed by atoms with Crippen molar-refractivity contribution in [1.29, 1.82) is 0 Å². The van der Waals surface area contributed by atoms with Gasteiger partial charge in [0.15, 0.2) is 0 Å². The number of rotatable bonds is 6. The van der Waals surface area contributed by atoms with Crippen molar-refractivity contribution in [2.45, 2.75) is 12.5 Å². The van der Waals surface area contributed by atoms with Crippen molar-refractivity contribution in [3.63, 3.8) is 0 Å². The molecule has 0 spiro atoms. The second-order valence-electron chi connectivity index (χ2n) is 5.08. The molecule has 23 heavy (non-hydrogen) atoms. The number of nitrogens with one attached hydrogen (secondary N) is 1. The monoisotopic (exact) mass is 316 g/mol. The van der Waals surface area contributed by atoms with Gasteiger partial charge in [0.1, 0.15) is 6.04 Å². The van der Waals surface area contributed by atoms with Crippen molar-refractivity contribution >= 4 is 28.3 Å². The number of amides is 1. The van der Waals surface area contributed by atoms with Crippen molar-refractivity contribution in [3.05, 3.63) is 42.0 Å². The Bertz CT molecular complexity index is 715. The standard InChI is InChI=1S/C17H20N2O4/c1-22-10-9-15(17(21)23-2)19-16(20)13-7-8-14(18)12-6-4-3-5-11(12)13/h3-8,15H,9-10,18H2,1-2H3,(H,19,20). The Balaban J connectivity index is 2.29. The largest absolute Gasteiger partial charge is 0.467 e. The Morgan fingerprint density at radius 3 is 2.48 bits per heavy atom. The third kappa shape index (κ3) is 3.78. The maximum atomic E-state index is 12.6. The number of hydrogen-bond acceptors (Lipinski definition) is 5. The second-order valence-corrected chi connectivity index (χ2v) is 5.08. The van der Waals surface area contributed by atoms with Crippen molar-refractivity contribution in [1.82, 2.24) is 5.32 Å². The topological polar surface area (TPSA) is 90.6 Å². The van der Waals surface area contributed by atoms with Crippen molar-refractivity contribution < 1.29 is 19.1 Å². The minimum absolute atomic E-state index is 0.335. The van der Waals surface area contributed by atoms with Crippen LogP contribution >= 0.6 is 0 Å². The van der Waals surface area contributed by atoms with E-state index < -0.39 is 12.0 Å². The zero-order valence-corrected chi connectivity index (χ0v) is 13.2. The molecule has 2 rings (SSSR count). The summed E-state index contributed by atoms with van der Waals surface area (Å²) in [6.07, 6.45) is 0.335. The van der Waals surface area contributed by atoms with Crippen LogP contribution in [0.4, 0.5) is 5.69 Å². The van der Waals surface area contributed by atoms with Crippen LogP contribution in [0.3, 0.4) is 0 Å². The molecule has 1 amide bonds. The second kappa shape index (κ2) is 7.60. The number of nitrogen functional groups attached to an aromatic ring is 1. The average molecular weight is 316 g/mol. The zero-order chi connectivity index (χ0) is 16.8. The first-order valence-corrected chi connectivity index (χ1v) is 7.23. The zero-order valence-electron chi connectivity index (χ0n) is 13.2. The number of ether oxygens (including phenoxy) is 2. The molecule has 0 bridgehead atoms. The molecular formula is C17H20N2O4. The Kier molecular flexibility index (Phi) is 5.54. The van der Waals surface area contributed by atoms with Crippen molar-refractivity contribution in [2.75, 3.05) is 26.6 Å². The normalized spacial score (nSPS) is 11.9. The molecule has 0 aliphatic carbocycles. The van der Waals surface area contributed by atoms with E-state index in [4.69, 9.17) is 15.2 Å². The van der Waals surface area contributed by atoms with Crippen LogP contribution in [0.15, 0.2) is 36.4 Å². The van der Waals surface area contributed by atoms with E-state index in [9.17, 15) is 9.59 Å². The van der Waals surface area contributed by atoms with Crippen LogP contribution in [0.2, 0.25) is 0 Å². The summed E-state index contributed by atoms with van der Waals surface area (Å²) in [5.41, 5.74) is 7.00. The minimum Gasteiger partial charge on any atom is -0.467 e. The Morgan fingerprint density at radius 1 is 1.13 bits per heavy atom. The van der Waals surface area contributed by atoms with Gasteiger partial charge in [-0.3, -0.25) is 4.79 Å². The van der Waals surface area contributed by atoms with E-state index in [0.29, 0.717) is 24.3 Å². The molecule has 2 aromatic carbocycles. The van der Waals surface area contributed by atoms with E-state index in [2.05, 4.69) is 5.32 Å². The predicted molar refractivity (Wildman–Crippen MR) is 88.1 cm³/mol. The fourth-order valence-electron chi connectivity index (χ4n) is 2.38. The van der Waals surface area contributed by atoms with E-state index in [1.165, 1.54) is 14.2 Å². The highest BCUT2D eigenvalue weighted by Gasteiger charge is 2.22. The van der Waals surface area contributed by atoms with E-state index >= 15 is 0 Å². The molecule has 0 radical (unpaired) electrons. The smallest absolute Gasteiger partial charge is 0.328 e. The molecule has 0 aliphatic rings. The minimum atomic E-state index is -0.760. The van der Waals surface area contributed by atoms with Gasteiger partial charge < -0.3 is 20.5 Å². The van der Waals surface area contributed by atoms with Crippen LogP contribution in [0.25, 0.3) is 10.8 Å². The van der Waals surface area contributed by atoms with Gasteiger partial charge in [-0.05, 0) is 17.5 Å². The molecule has 0 heterocycles. The molecule has 122 valence electrons. The lowest BCUT2D eigenvalue weighted by Crippen LogP contribution is -2.42. The van der Waals surface area contributed by atoms with E-state index in [-0.39, 0.29) is 5.91 Å². The summed E-state index contributed by atoms with van der Waals surface area (Å²) in [7, 11) is 2.82. The average Bonchev–Trinajstić information content (AvgIpc) is 2.58. The summed E-state index contributed by atoms with van der Waals surface area (Å²) in [6, 6.07) is 9.94. The summed E-state index contributed by atoms with van der Waals surface area (Å²) in [5.74, 6) is -0.858. The van der Waals surface area contributed by atoms with Gasteiger partial charge in [0.25, 0.3) is 5.91 Å². The molecule has 0 saturated heterocycles. The number of carbonyl (C=O) groups is 2. The highest BCUT2D eigenvalue weighted by Crippen LogP contribution is 2.24. The molecule has 0 aromatic heterocycles. The van der Waals surface area contributed by atoms with Crippen LogP contribution in [0.1, 0.15) is 16.8 Å². The maximum absolute atomic E-state index is 12.6. The summed E-state index contributed by atoms with van der Waals surface area (Å²) in [6.45, 7) is 0.336. The van der Waals surface area contributed by atoms with E-state index in [0.717, 1.165) is 10.8 Å². The summed E-state index contributed by atoms with van der Waals surface area (Å²) in [5, 5.41) is 4.23. The molecule has 1 unspecified atom stereocenters. The number of hydrogen-bond donors (Lipinski definition) is 2. The molecule has 0 saturated carbocycles. The summed E-state index contributed by atoms with van der Waals surface area (Å²) < 4.78 is 9.69. The number of esters is 1. The number of methoxy groups -OCH3 is 2. The number of carbonyl (C=O) groups excluding carboxylic acids is 2. The lowest BCUT2D eigenvalue weighted by atomic mass is 10.0. The van der Waals surface area contributed by atoms with Gasteiger partial charge in [-0.2, -0.15) is 0 Å². The molecule has 0 fully saturated rings. The van der Waals surface area contributed by atoms with Crippen LogP contribution in [-0.2, 0) is 14.3 Å². The van der Waals surface area contributed by atoms with Gasteiger partial charge >= 0.3 is 5.97 Å². The summed E-state index contributed by atoms with van der Waals surface area (Å²) >= 11 is 0. The fraction of sp³-hybridized carbons (Fsp3) is 0.294. The Hall–Kier alpha value is -2.60. The molecule has 6 heteroatoms. The van der Waals surface area contributed by atoms with Crippen LogP contribution < -0.4 is 11.1 Å². The first kappa shape index (κ1) is 16.8. The maximum Gasteiger partial charge on any atom is 0.328 e. The molecule has 1 atom stereocenters. The molecule has 0 aliphatic heterocycles. The quantitative estimate of drug-likeness (QED) is 0.625. The molecular weight excluding hydrogens is 296 g/mol. The fourth-order valence-corrected chi connectivity index (χ4v) is 2.38. The molecule has 2 aromatic rings. The summed E-state index contributed by atoms with van der Waals surface area (Å²) in [4.78, 5) is 24.4. The third-order valence-electron chi connectivity index (χ3n) is 3.60.